The van der Waals surface area contributed by atoms with E-state index < -0.39 is 0 Å². The van der Waals surface area contributed by atoms with E-state index in [0.29, 0.717) is 11.3 Å². The molecular weight excluding hydrogens is 351 g/mol. The van der Waals surface area contributed by atoms with Gasteiger partial charge in [-0.2, -0.15) is 0 Å². The van der Waals surface area contributed by atoms with Crippen LogP contribution in [0.2, 0.25) is 0 Å². The van der Waals surface area contributed by atoms with Gasteiger partial charge in [0.15, 0.2) is 0 Å². The largest absolute Gasteiger partial charge is 0.319 e. The van der Waals surface area contributed by atoms with Crippen molar-refractivity contribution < 1.29 is 4.39 Å². The molecule has 5 heteroatoms. The molecule has 1 aromatic carbocycles. The summed E-state index contributed by atoms with van der Waals surface area (Å²) in [5, 5.41) is 2.86. The SMILES string of the molecule is NC1(c2nc(-c3cc(Br)ccc3F)cs2)CCCCCC1. The number of hydrogen-bond acceptors (Lipinski definition) is 3. The topological polar surface area (TPSA) is 38.9 Å². The lowest BCUT2D eigenvalue weighted by Crippen LogP contribution is -2.35. The van der Waals surface area contributed by atoms with Crippen molar-refractivity contribution in [1.82, 2.24) is 4.98 Å². The van der Waals surface area contributed by atoms with Gasteiger partial charge in [-0.05, 0) is 31.0 Å². The van der Waals surface area contributed by atoms with E-state index in [0.717, 1.165) is 35.2 Å². The highest BCUT2D eigenvalue weighted by atomic mass is 79.9. The van der Waals surface area contributed by atoms with Gasteiger partial charge in [0.25, 0.3) is 0 Å². The van der Waals surface area contributed by atoms with Gasteiger partial charge < -0.3 is 5.73 Å². The molecule has 1 aromatic heterocycles. The number of thiazole rings is 1. The highest BCUT2D eigenvalue weighted by Gasteiger charge is 2.31. The number of benzene rings is 1. The van der Waals surface area contributed by atoms with Gasteiger partial charge in [-0.25, -0.2) is 9.37 Å². The average Bonchev–Trinajstić information content (AvgIpc) is 2.86. The molecule has 0 aliphatic heterocycles. The molecule has 3 rings (SSSR count). The first-order valence-electron chi connectivity index (χ1n) is 7.29. The Hall–Kier alpha value is -0.780. The zero-order chi connectivity index (χ0) is 14.9. The Balaban J connectivity index is 1.94. The minimum atomic E-state index is -0.331. The van der Waals surface area contributed by atoms with Crippen LogP contribution in [0.1, 0.15) is 43.5 Å². The summed E-state index contributed by atoms with van der Waals surface area (Å²) in [6, 6.07) is 4.93. The lowest BCUT2D eigenvalue weighted by Gasteiger charge is -2.25. The summed E-state index contributed by atoms with van der Waals surface area (Å²) in [4.78, 5) is 4.65. The molecule has 0 unspecified atom stereocenters. The van der Waals surface area contributed by atoms with E-state index in [9.17, 15) is 4.39 Å². The fourth-order valence-electron chi connectivity index (χ4n) is 2.89. The third-order valence-corrected chi connectivity index (χ3v) is 5.69. The summed E-state index contributed by atoms with van der Waals surface area (Å²) in [6.45, 7) is 0. The predicted octanol–water partition coefficient (Wildman–Crippen LogP) is 5.22. The van der Waals surface area contributed by atoms with Crippen molar-refractivity contribution in [3.05, 3.63) is 38.9 Å². The molecular formula is C16H18BrFN2S. The molecule has 0 spiro atoms. The van der Waals surface area contributed by atoms with E-state index >= 15 is 0 Å². The molecule has 1 saturated carbocycles. The van der Waals surface area contributed by atoms with E-state index in [2.05, 4.69) is 20.9 Å². The van der Waals surface area contributed by atoms with Crippen molar-refractivity contribution in [2.45, 2.75) is 44.1 Å². The van der Waals surface area contributed by atoms with E-state index in [-0.39, 0.29) is 11.4 Å². The highest BCUT2D eigenvalue weighted by molar-refractivity contribution is 9.10. The zero-order valence-corrected chi connectivity index (χ0v) is 14.1. The normalized spacial score (nSPS) is 18.4. The quantitative estimate of drug-likeness (QED) is 0.737. The van der Waals surface area contributed by atoms with Crippen molar-refractivity contribution in [3.63, 3.8) is 0 Å². The maximum Gasteiger partial charge on any atom is 0.132 e. The third kappa shape index (κ3) is 3.20. The Morgan fingerprint density at radius 1 is 1.19 bits per heavy atom. The summed E-state index contributed by atoms with van der Waals surface area (Å²) in [6.07, 6.45) is 6.74. The van der Waals surface area contributed by atoms with Gasteiger partial charge in [0.1, 0.15) is 10.8 Å². The Morgan fingerprint density at radius 3 is 2.62 bits per heavy atom. The molecule has 2 aromatic rings. The minimum absolute atomic E-state index is 0.248. The molecule has 0 radical (unpaired) electrons. The second kappa shape index (κ2) is 6.15. The van der Waals surface area contributed by atoms with E-state index in [1.807, 2.05) is 5.38 Å². The average molecular weight is 369 g/mol. The van der Waals surface area contributed by atoms with Crippen LogP contribution in [0.4, 0.5) is 4.39 Å². The number of nitrogens with two attached hydrogens (primary N) is 1. The Kier molecular flexibility index (Phi) is 4.43. The molecule has 0 bridgehead atoms. The Labute approximate surface area is 136 Å². The molecule has 0 atom stereocenters. The standard InChI is InChI=1S/C16H18BrFN2S/c17-11-5-6-13(18)12(9-11)14-10-21-15(20-14)16(19)7-3-1-2-4-8-16/h5-6,9-10H,1-4,7-8,19H2. The number of halogens is 2. The van der Waals surface area contributed by atoms with Crippen LogP contribution >= 0.6 is 27.3 Å². The van der Waals surface area contributed by atoms with Crippen LogP contribution in [-0.2, 0) is 5.54 Å². The first-order chi connectivity index (χ1) is 10.1. The number of hydrogen-bond donors (Lipinski definition) is 1. The predicted molar refractivity (Wildman–Crippen MR) is 88.8 cm³/mol. The first-order valence-corrected chi connectivity index (χ1v) is 8.96. The smallest absolute Gasteiger partial charge is 0.132 e. The number of rotatable bonds is 2. The van der Waals surface area contributed by atoms with Crippen LogP contribution in [0.5, 0.6) is 0 Å². The van der Waals surface area contributed by atoms with Crippen LogP contribution in [0, 0.1) is 5.82 Å². The molecule has 2 N–H and O–H groups in total. The van der Waals surface area contributed by atoms with Crippen molar-refractivity contribution in [1.29, 1.82) is 0 Å². The van der Waals surface area contributed by atoms with Crippen molar-refractivity contribution in [3.8, 4) is 11.3 Å². The van der Waals surface area contributed by atoms with Crippen molar-refractivity contribution in [2.24, 2.45) is 5.73 Å². The second-order valence-electron chi connectivity index (χ2n) is 5.73. The second-order valence-corrected chi connectivity index (χ2v) is 7.51. The van der Waals surface area contributed by atoms with Gasteiger partial charge in [0.2, 0.25) is 0 Å². The monoisotopic (exact) mass is 368 g/mol. The fraction of sp³-hybridized carbons (Fsp3) is 0.438. The maximum absolute atomic E-state index is 14.0. The summed E-state index contributed by atoms with van der Waals surface area (Å²) in [5.41, 5.74) is 7.47. The highest BCUT2D eigenvalue weighted by Crippen LogP contribution is 2.37. The molecule has 1 fully saturated rings. The van der Waals surface area contributed by atoms with E-state index in [4.69, 9.17) is 5.73 Å². The van der Waals surface area contributed by atoms with Gasteiger partial charge in [-0.15, -0.1) is 11.3 Å². The van der Waals surface area contributed by atoms with Crippen molar-refractivity contribution >= 4 is 27.3 Å². The van der Waals surface area contributed by atoms with Crippen LogP contribution < -0.4 is 5.73 Å². The maximum atomic E-state index is 14.0. The molecule has 2 nitrogen and oxygen atoms in total. The van der Waals surface area contributed by atoms with Crippen molar-refractivity contribution in [2.75, 3.05) is 0 Å². The van der Waals surface area contributed by atoms with Gasteiger partial charge in [0, 0.05) is 15.4 Å². The van der Waals surface area contributed by atoms with Crippen LogP contribution in [0.3, 0.4) is 0 Å². The Morgan fingerprint density at radius 2 is 1.90 bits per heavy atom. The third-order valence-electron chi connectivity index (χ3n) is 4.13. The summed E-state index contributed by atoms with van der Waals surface area (Å²) >= 11 is 4.94. The fourth-order valence-corrected chi connectivity index (χ4v) is 4.25. The molecule has 1 heterocycles. The summed E-state index contributed by atoms with van der Waals surface area (Å²) in [7, 11) is 0. The molecule has 112 valence electrons. The van der Waals surface area contributed by atoms with Crippen LogP contribution in [0.15, 0.2) is 28.1 Å². The summed E-state index contributed by atoms with van der Waals surface area (Å²) < 4.78 is 14.8. The zero-order valence-electron chi connectivity index (χ0n) is 11.7. The Bertz CT molecular complexity index is 633. The van der Waals surface area contributed by atoms with Gasteiger partial charge >= 0.3 is 0 Å². The van der Waals surface area contributed by atoms with Crippen LogP contribution in [-0.4, -0.2) is 4.98 Å². The van der Waals surface area contributed by atoms with Gasteiger partial charge in [0.05, 0.1) is 11.2 Å². The minimum Gasteiger partial charge on any atom is -0.319 e. The van der Waals surface area contributed by atoms with Gasteiger partial charge in [-0.1, -0.05) is 41.6 Å². The van der Waals surface area contributed by atoms with E-state index in [1.54, 1.807) is 23.5 Å². The lowest BCUT2D eigenvalue weighted by atomic mass is 9.92. The van der Waals surface area contributed by atoms with Gasteiger partial charge in [-0.3, -0.25) is 0 Å². The van der Waals surface area contributed by atoms with E-state index in [1.165, 1.54) is 18.9 Å². The molecule has 1 aliphatic carbocycles. The molecule has 1 aliphatic rings. The molecule has 0 saturated heterocycles. The molecule has 0 amide bonds. The number of aromatic nitrogens is 1. The lowest BCUT2D eigenvalue weighted by molar-refractivity contribution is 0.384. The summed E-state index contributed by atoms with van der Waals surface area (Å²) in [5.74, 6) is -0.248. The number of nitrogens with zero attached hydrogens (tertiary/aromatic N) is 1. The van der Waals surface area contributed by atoms with Crippen LogP contribution in [0.25, 0.3) is 11.3 Å². The molecule has 21 heavy (non-hydrogen) atoms. The first kappa shape index (κ1) is 15.1.